The van der Waals surface area contributed by atoms with Gasteiger partial charge in [0.05, 0.1) is 12.0 Å². The molecule has 0 aromatic rings. The molecule has 3 rings (SSSR count). The van der Waals surface area contributed by atoms with Gasteiger partial charge in [-0.15, -0.1) is 0 Å². The Labute approximate surface area is 206 Å². The van der Waals surface area contributed by atoms with Crippen LogP contribution >= 0.6 is 0 Å². The van der Waals surface area contributed by atoms with Crippen molar-refractivity contribution in [2.24, 2.45) is 22.7 Å². The van der Waals surface area contributed by atoms with Crippen molar-refractivity contribution in [3.05, 3.63) is 0 Å². The number of carbonyl (C=O) groups is 1. The second kappa shape index (κ2) is 14.1. The first-order valence-corrected chi connectivity index (χ1v) is 15.3. The molecule has 0 aromatic heterocycles. The molecule has 0 unspecified atom stereocenters. The van der Waals surface area contributed by atoms with E-state index in [2.05, 4.69) is 13.8 Å². The Morgan fingerprint density at radius 1 is 0.667 bits per heavy atom. The first kappa shape index (κ1) is 27.1. The molecule has 3 aliphatic carbocycles. The number of carbonyl (C=O) groups excluding carboxylic acids is 1. The Morgan fingerprint density at radius 2 is 1.24 bits per heavy atom. The molecule has 0 bridgehead atoms. The van der Waals surface area contributed by atoms with Crippen molar-refractivity contribution in [1.29, 1.82) is 0 Å². The van der Waals surface area contributed by atoms with E-state index in [1.807, 2.05) is 0 Å². The zero-order chi connectivity index (χ0) is 23.4. The third-order valence-corrected chi connectivity index (χ3v) is 10.2. The summed E-state index contributed by atoms with van der Waals surface area (Å²) >= 11 is 0. The van der Waals surface area contributed by atoms with Gasteiger partial charge in [0.1, 0.15) is 0 Å². The van der Waals surface area contributed by atoms with Gasteiger partial charge in [0.2, 0.25) is 0 Å². The van der Waals surface area contributed by atoms with Crippen molar-refractivity contribution in [2.45, 2.75) is 162 Å². The predicted octanol–water partition coefficient (Wildman–Crippen LogP) is 9.79. The van der Waals surface area contributed by atoms with E-state index in [0.717, 1.165) is 37.5 Å². The molecule has 0 aromatic carbocycles. The molecule has 0 spiro atoms. The molecule has 0 N–H and O–H groups in total. The van der Waals surface area contributed by atoms with Gasteiger partial charge in [-0.2, -0.15) is 0 Å². The Bertz CT molecular complexity index is 533. The van der Waals surface area contributed by atoms with Gasteiger partial charge >= 0.3 is 5.97 Å². The average Bonchev–Trinajstić information content (AvgIpc) is 2.87. The van der Waals surface area contributed by atoms with E-state index in [-0.39, 0.29) is 16.8 Å². The monoisotopic (exact) mass is 460 g/mol. The molecule has 0 atom stereocenters. The first-order chi connectivity index (χ1) is 16.2. The Morgan fingerprint density at radius 3 is 1.91 bits per heavy atom. The summed E-state index contributed by atoms with van der Waals surface area (Å²) in [6.45, 7) is 5.13. The Hall–Kier alpha value is -0.530. The maximum absolute atomic E-state index is 13.8. The maximum Gasteiger partial charge on any atom is 0.312 e. The van der Waals surface area contributed by atoms with Crippen molar-refractivity contribution in [1.82, 2.24) is 0 Å². The number of unbranched alkanes of at least 4 members (excludes halogenated alkanes) is 6. The highest BCUT2D eigenvalue weighted by atomic mass is 16.5. The molecule has 0 radical (unpaired) electrons. The SMILES string of the molecule is CCCCCCCC[C@]1(C2(C(=O)OCCCC)CCCCC2)CC[C@@H](C2CCCCC2)CC1. The summed E-state index contributed by atoms with van der Waals surface area (Å²) in [5, 5.41) is 0. The second-order valence-corrected chi connectivity index (χ2v) is 12.2. The third kappa shape index (κ3) is 7.00. The number of rotatable bonds is 13. The van der Waals surface area contributed by atoms with Gasteiger partial charge in [-0.1, -0.05) is 110 Å². The van der Waals surface area contributed by atoms with Gasteiger partial charge in [-0.3, -0.25) is 4.79 Å². The molecule has 0 heterocycles. The average molecular weight is 461 g/mol. The fourth-order valence-corrected chi connectivity index (χ4v) is 8.03. The van der Waals surface area contributed by atoms with E-state index < -0.39 is 0 Å². The molecule has 3 fully saturated rings. The zero-order valence-corrected chi connectivity index (χ0v) is 22.4. The van der Waals surface area contributed by atoms with Crippen LogP contribution in [0.5, 0.6) is 0 Å². The van der Waals surface area contributed by atoms with Crippen molar-refractivity contribution in [3.8, 4) is 0 Å². The molecule has 192 valence electrons. The number of ether oxygens (including phenoxy) is 1. The molecule has 0 saturated heterocycles. The molecule has 3 aliphatic rings. The fraction of sp³-hybridized carbons (Fsp3) is 0.968. The minimum absolute atomic E-state index is 0.181. The van der Waals surface area contributed by atoms with Gasteiger partial charge in [0.25, 0.3) is 0 Å². The lowest BCUT2D eigenvalue weighted by molar-refractivity contribution is -0.175. The van der Waals surface area contributed by atoms with Gasteiger partial charge in [-0.25, -0.2) is 0 Å². The lowest BCUT2D eigenvalue weighted by Crippen LogP contribution is -2.52. The van der Waals surface area contributed by atoms with Crippen molar-refractivity contribution >= 4 is 5.97 Å². The summed E-state index contributed by atoms with van der Waals surface area (Å²) in [6, 6.07) is 0. The van der Waals surface area contributed by atoms with E-state index in [1.54, 1.807) is 0 Å². The Balaban J connectivity index is 1.73. The van der Waals surface area contributed by atoms with Crippen LogP contribution in [0, 0.1) is 22.7 Å². The Kier molecular flexibility index (Phi) is 11.6. The van der Waals surface area contributed by atoms with Crippen LogP contribution in [0.2, 0.25) is 0 Å². The van der Waals surface area contributed by atoms with Crippen LogP contribution in [-0.2, 0) is 9.53 Å². The van der Waals surface area contributed by atoms with Crippen LogP contribution in [0.4, 0.5) is 0 Å². The van der Waals surface area contributed by atoms with E-state index in [9.17, 15) is 4.79 Å². The lowest BCUT2D eigenvalue weighted by Gasteiger charge is -2.55. The summed E-state index contributed by atoms with van der Waals surface area (Å²) in [5.74, 6) is 2.11. The van der Waals surface area contributed by atoms with E-state index in [4.69, 9.17) is 4.74 Å². The number of hydrogen-bond donors (Lipinski definition) is 0. The standard InChI is InChI=1S/C31H56O2/c1-3-5-7-8-9-14-21-30(24-19-28(20-25-30)27-17-12-10-13-18-27)31(22-15-11-16-23-31)29(32)33-26-6-4-2/h27-28H,3-26H2,1-2H3/t28-,30+. The van der Waals surface area contributed by atoms with Crippen molar-refractivity contribution in [2.75, 3.05) is 6.61 Å². The van der Waals surface area contributed by atoms with E-state index in [0.29, 0.717) is 6.61 Å². The van der Waals surface area contributed by atoms with Crippen LogP contribution in [0.1, 0.15) is 162 Å². The van der Waals surface area contributed by atoms with Gasteiger partial charge in [0.15, 0.2) is 0 Å². The van der Waals surface area contributed by atoms with E-state index in [1.165, 1.54) is 122 Å². The minimum atomic E-state index is -0.181. The smallest absolute Gasteiger partial charge is 0.312 e. The minimum Gasteiger partial charge on any atom is -0.465 e. The van der Waals surface area contributed by atoms with Gasteiger partial charge in [-0.05, 0) is 68.6 Å². The molecule has 0 amide bonds. The quantitative estimate of drug-likeness (QED) is 0.202. The first-order valence-electron chi connectivity index (χ1n) is 15.3. The van der Waals surface area contributed by atoms with Crippen LogP contribution < -0.4 is 0 Å². The summed E-state index contributed by atoms with van der Waals surface area (Å²) in [7, 11) is 0. The summed E-state index contributed by atoms with van der Waals surface area (Å²) in [4.78, 5) is 13.8. The second-order valence-electron chi connectivity index (χ2n) is 12.2. The van der Waals surface area contributed by atoms with Crippen LogP contribution in [0.15, 0.2) is 0 Å². The highest BCUT2D eigenvalue weighted by molar-refractivity contribution is 5.78. The van der Waals surface area contributed by atoms with E-state index >= 15 is 0 Å². The van der Waals surface area contributed by atoms with Gasteiger partial charge in [0, 0.05) is 0 Å². The maximum atomic E-state index is 13.8. The van der Waals surface area contributed by atoms with Crippen LogP contribution in [0.3, 0.4) is 0 Å². The fourth-order valence-electron chi connectivity index (χ4n) is 8.03. The normalized spacial score (nSPS) is 28.5. The summed E-state index contributed by atoms with van der Waals surface area (Å²) in [6.07, 6.45) is 30.2. The summed E-state index contributed by atoms with van der Waals surface area (Å²) < 4.78 is 6.07. The topological polar surface area (TPSA) is 26.3 Å². The molecule has 2 heteroatoms. The third-order valence-electron chi connectivity index (χ3n) is 10.2. The molecular formula is C31H56O2. The van der Waals surface area contributed by atoms with Crippen LogP contribution in [0.25, 0.3) is 0 Å². The molecule has 33 heavy (non-hydrogen) atoms. The molecular weight excluding hydrogens is 404 g/mol. The molecule has 2 nitrogen and oxygen atoms in total. The van der Waals surface area contributed by atoms with Crippen LogP contribution in [-0.4, -0.2) is 12.6 Å². The molecule has 0 aliphatic heterocycles. The van der Waals surface area contributed by atoms with Crippen molar-refractivity contribution < 1.29 is 9.53 Å². The summed E-state index contributed by atoms with van der Waals surface area (Å²) in [5.41, 5.74) is 0.0343. The number of esters is 1. The van der Waals surface area contributed by atoms with Crippen molar-refractivity contribution in [3.63, 3.8) is 0 Å². The predicted molar refractivity (Wildman–Crippen MR) is 140 cm³/mol. The highest BCUT2D eigenvalue weighted by Gasteiger charge is 2.57. The lowest BCUT2D eigenvalue weighted by atomic mass is 9.49. The van der Waals surface area contributed by atoms with Gasteiger partial charge < -0.3 is 4.74 Å². The largest absolute Gasteiger partial charge is 0.465 e. The molecule has 3 saturated carbocycles. The highest BCUT2D eigenvalue weighted by Crippen LogP contribution is 2.61. The number of hydrogen-bond acceptors (Lipinski definition) is 2. The zero-order valence-electron chi connectivity index (χ0n) is 22.4.